The molecule has 7 heteroatoms. The molecule has 0 radical (unpaired) electrons. The van der Waals surface area contributed by atoms with Crippen molar-refractivity contribution in [2.75, 3.05) is 17.6 Å². The molecule has 3 aromatic rings. The summed E-state index contributed by atoms with van der Waals surface area (Å²) in [5.74, 6) is 1.60. The van der Waals surface area contributed by atoms with E-state index >= 15 is 0 Å². The molecule has 144 valence electrons. The molecule has 6 nitrogen and oxygen atoms in total. The van der Waals surface area contributed by atoms with E-state index in [-0.39, 0.29) is 11.8 Å². The van der Waals surface area contributed by atoms with Crippen LogP contribution in [0.5, 0.6) is 0 Å². The third kappa shape index (κ3) is 3.89. The standard InChI is InChI=1S/C21H22N4O2S/c1-14-23-16-5-2-3-6-18(16)25(14)11-4-10-22-21(27)15-7-8-19-17(13-15)24-20(26)9-12-28-19/h2-3,5-8,13H,4,9-12H2,1H3,(H,22,27)(H,24,26). The summed E-state index contributed by atoms with van der Waals surface area (Å²) in [7, 11) is 0. The molecule has 0 aliphatic carbocycles. The van der Waals surface area contributed by atoms with Gasteiger partial charge in [-0.25, -0.2) is 4.98 Å². The van der Waals surface area contributed by atoms with Gasteiger partial charge in [0, 0.05) is 35.7 Å². The van der Waals surface area contributed by atoms with Gasteiger partial charge in [0.05, 0.1) is 16.7 Å². The Balaban J connectivity index is 1.36. The quantitative estimate of drug-likeness (QED) is 0.649. The van der Waals surface area contributed by atoms with Crippen LogP contribution in [0.1, 0.15) is 29.0 Å². The number of benzene rings is 2. The van der Waals surface area contributed by atoms with Gasteiger partial charge in [0.15, 0.2) is 0 Å². The molecule has 0 unspecified atom stereocenters. The molecule has 1 aliphatic heterocycles. The minimum atomic E-state index is -0.126. The van der Waals surface area contributed by atoms with Crippen molar-refractivity contribution in [2.24, 2.45) is 0 Å². The molecular formula is C21H22N4O2S. The van der Waals surface area contributed by atoms with Crippen LogP contribution in [0.15, 0.2) is 47.4 Å². The number of carbonyl (C=O) groups is 2. The first-order valence-corrected chi connectivity index (χ1v) is 10.4. The largest absolute Gasteiger partial charge is 0.352 e. The van der Waals surface area contributed by atoms with E-state index in [1.807, 2.05) is 37.3 Å². The lowest BCUT2D eigenvalue weighted by atomic mass is 10.2. The lowest BCUT2D eigenvalue weighted by Crippen LogP contribution is -2.25. The molecule has 1 aromatic heterocycles. The second kappa shape index (κ2) is 8.06. The summed E-state index contributed by atoms with van der Waals surface area (Å²) < 4.78 is 2.18. The fourth-order valence-corrected chi connectivity index (χ4v) is 4.32. The number of hydrogen-bond donors (Lipinski definition) is 2. The van der Waals surface area contributed by atoms with Crippen LogP contribution in [0.2, 0.25) is 0 Å². The average Bonchev–Trinajstić information content (AvgIpc) is 2.88. The average molecular weight is 395 g/mol. The van der Waals surface area contributed by atoms with Gasteiger partial charge in [-0.1, -0.05) is 12.1 Å². The van der Waals surface area contributed by atoms with E-state index in [0.717, 1.165) is 46.2 Å². The van der Waals surface area contributed by atoms with Crippen LogP contribution in [-0.4, -0.2) is 33.7 Å². The summed E-state index contributed by atoms with van der Waals surface area (Å²) in [5, 5.41) is 5.85. The van der Waals surface area contributed by atoms with E-state index < -0.39 is 0 Å². The Morgan fingerprint density at radius 2 is 2.14 bits per heavy atom. The van der Waals surface area contributed by atoms with Crippen molar-refractivity contribution in [3.63, 3.8) is 0 Å². The Morgan fingerprint density at radius 1 is 1.29 bits per heavy atom. The van der Waals surface area contributed by atoms with Crippen molar-refractivity contribution in [1.29, 1.82) is 0 Å². The van der Waals surface area contributed by atoms with Crippen LogP contribution in [0.3, 0.4) is 0 Å². The number of thioether (sulfide) groups is 1. The van der Waals surface area contributed by atoms with Gasteiger partial charge in [-0.15, -0.1) is 11.8 Å². The highest BCUT2D eigenvalue weighted by Gasteiger charge is 2.15. The van der Waals surface area contributed by atoms with Crippen molar-refractivity contribution in [3.8, 4) is 0 Å². The molecule has 0 atom stereocenters. The number of amides is 2. The van der Waals surface area contributed by atoms with Crippen molar-refractivity contribution >= 4 is 40.3 Å². The fraction of sp³-hybridized carbons (Fsp3) is 0.286. The number of para-hydroxylation sites is 2. The maximum Gasteiger partial charge on any atom is 0.251 e. The van der Waals surface area contributed by atoms with Crippen molar-refractivity contribution in [1.82, 2.24) is 14.9 Å². The summed E-state index contributed by atoms with van der Waals surface area (Å²) in [6.45, 7) is 3.37. The molecule has 2 amide bonds. The maximum absolute atomic E-state index is 12.5. The highest BCUT2D eigenvalue weighted by molar-refractivity contribution is 7.99. The Hall–Kier alpha value is -2.80. The van der Waals surface area contributed by atoms with E-state index in [1.54, 1.807) is 17.8 Å². The summed E-state index contributed by atoms with van der Waals surface area (Å²) in [6, 6.07) is 13.5. The Morgan fingerprint density at radius 3 is 3.04 bits per heavy atom. The van der Waals surface area contributed by atoms with E-state index in [2.05, 4.69) is 26.3 Å². The first-order chi connectivity index (χ1) is 13.6. The molecular weight excluding hydrogens is 372 g/mol. The van der Waals surface area contributed by atoms with Crippen LogP contribution in [-0.2, 0) is 11.3 Å². The number of rotatable bonds is 5. The zero-order chi connectivity index (χ0) is 19.5. The van der Waals surface area contributed by atoms with Crippen molar-refractivity contribution in [3.05, 3.63) is 53.9 Å². The van der Waals surface area contributed by atoms with E-state index in [4.69, 9.17) is 0 Å². The number of aromatic nitrogens is 2. The van der Waals surface area contributed by atoms with Gasteiger partial charge in [0.2, 0.25) is 5.91 Å². The van der Waals surface area contributed by atoms with Gasteiger partial charge in [0.25, 0.3) is 5.91 Å². The van der Waals surface area contributed by atoms with Crippen LogP contribution >= 0.6 is 11.8 Å². The topological polar surface area (TPSA) is 76.0 Å². The lowest BCUT2D eigenvalue weighted by Gasteiger charge is -2.10. The molecule has 0 saturated heterocycles. The highest BCUT2D eigenvalue weighted by Crippen LogP contribution is 2.31. The van der Waals surface area contributed by atoms with Crippen LogP contribution in [0, 0.1) is 6.92 Å². The predicted molar refractivity (Wildman–Crippen MR) is 112 cm³/mol. The lowest BCUT2D eigenvalue weighted by molar-refractivity contribution is -0.115. The zero-order valence-corrected chi connectivity index (χ0v) is 16.5. The first kappa shape index (κ1) is 18.6. The number of anilines is 1. The van der Waals surface area contributed by atoms with E-state index in [9.17, 15) is 9.59 Å². The SMILES string of the molecule is Cc1nc2ccccc2n1CCCNC(=O)c1ccc2c(c1)NC(=O)CCS2. The van der Waals surface area contributed by atoms with Gasteiger partial charge in [0.1, 0.15) is 5.82 Å². The molecule has 0 bridgehead atoms. The van der Waals surface area contributed by atoms with E-state index in [1.165, 1.54) is 0 Å². The molecule has 2 N–H and O–H groups in total. The van der Waals surface area contributed by atoms with Gasteiger partial charge < -0.3 is 15.2 Å². The molecule has 4 rings (SSSR count). The monoisotopic (exact) mass is 394 g/mol. The Kier molecular flexibility index (Phi) is 5.34. The molecule has 0 saturated carbocycles. The van der Waals surface area contributed by atoms with E-state index in [0.29, 0.717) is 18.5 Å². The zero-order valence-electron chi connectivity index (χ0n) is 15.7. The minimum absolute atomic E-state index is 0.00765. The highest BCUT2D eigenvalue weighted by atomic mass is 32.2. The summed E-state index contributed by atoms with van der Waals surface area (Å²) in [4.78, 5) is 29.8. The third-order valence-electron chi connectivity index (χ3n) is 4.79. The third-order valence-corrected chi connectivity index (χ3v) is 5.87. The number of nitrogens with one attached hydrogen (secondary N) is 2. The molecule has 0 spiro atoms. The number of fused-ring (bicyclic) bond motifs is 2. The summed E-state index contributed by atoms with van der Waals surface area (Å²) in [6.07, 6.45) is 1.30. The molecule has 0 fully saturated rings. The predicted octanol–water partition coefficient (Wildman–Crippen LogP) is 3.60. The fourth-order valence-electron chi connectivity index (χ4n) is 3.38. The number of nitrogens with zero attached hydrogens (tertiary/aromatic N) is 2. The van der Waals surface area contributed by atoms with Gasteiger partial charge in [-0.05, 0) is 43.7 Å². The Bertz CT molecular complexity index is 1040. The molecule has 2 aromatic carbocycles. The van der Waals surface area contributed by atoms with Crippen LogP contribution in [0.4, 0.5) is 5.69 Å². The first-order valence-electron chi connectivity index (χ1n) is 9.38. The second-order valence-electron chi connectivity index (χ2n) is 6.77. The Labute approximate surface area is 167 Å². The smallest absolute Gasteiger partial charge is 0.251 e. The van der Waals surface area contributed by atoms with Gasteiger partial charge in [-0.3, -0.25) is 9.59 Å². The minimum Gasteiger partial charge on any atom is -0.352 e. The molecule has 28 heavy (non-hydrogen) atoms. The number of hydrogen-bond acceptors (Lipinski definition) is 4. The van der Waals surface area contributed by atoms with Crippen LogP contribution in [0.25, 0.3) is 11.0 Å². The van der Waals surface area contributed by atoms with Crippen molar-refractivity contribution < 1.29 is 9.59 Å². The number of carbonyl (C=O) groups excluding carboxylic acids is 2. The summed E-state index contributed by atoms with van der Waals surface area (Å²) >= 11 is 1.63. The molecule has 1 aliphatic rings. The van der Waals surface area contributed by atoms with Gasteiger partial charge in [-0.2, -0.15) is 0 Å². The second-order valence-corrected chi connectivity index (χ2v) is 7.90. The number of imidazole rings is 1. The van der Waals surface area contributed by atoms with Crippen molar-refractivity contribution in [2.45, 2.75) is 31.2 Å². The van der Waals surface area contributed by atoms with Crippen LogP contribution < -0.4 is 10.6 Å². The number of aryl methyl sites for hydroxylation is 2. The maximum atomic E-state index is 12.5. The van der Waals surface area contributed by atoms with Gasteiger partial charge >= 0.3 is 0 Å². The summed E-state index contributed by atoms with van der Waals surface area (Å²) in [5.41, 5.74) is 3.39. The normalized spacial score (nSPS) is 13.7. The molecule has 2 heterocycles.